The van der Waals surface area contributed by atoms with Crippen LogP contribution in [0.5, 0.6) is 0 Å². The maximum atomic E-state index is 5.98. The van der Waals surface area contributed by atoms with Crippen LogP contribution in [0.2, 0.25) is 5.02 Å². The van der Waals surface area contributed by atoms with Crippen molar-refractivity contribution in [2.45, 2.75) is 20.8 Å². The first-order valence-corrected chi connectivity index (χ1v) is 10.0. The van der Waals surface area contributed by atoms with E-state index in [1.807, 2.05) is 69.3 Å². The largest absolute Gasteiger partial charge is 0.324 e. The molecule has 156 valence electrons. The Kier molecular flexibility index (Phi) is 5.90. The van der Waals surface area contributed by atoms with Crippen LogP contribution in [0, 0.1) is 13.8 Å². The molecule has 2 aromatic carbocycles. The Bertz CT molecular complexity index is 1220. The zero-order valence-electron chi connectivity index (χ0n) is 17.3. The maximum Gasteiger partial charge on any atom is 0.257 e. The summed E-state index contributed by atoms with van der Waals surface area (Å²) in [6, 6.07) is 19.1. The van der Waals surface area contributed by atoms with Gasteiger partial charge in [0.2, 0.25) is 11.9 Å². The third-order valence-electron chi connectivity index (χ3n) is 4.44. The number of halogens is 1. The van der Waals surface area contributed by atoms with Crippen LogP contribution in [0.25, 0.3) is 5.95 Å². The first-order valence-electron chi connectivity index (χ1n) is 9.66. The van der Waals surface area contributed by atoms with E-state index < -0.39 is 0 Å². The second-order valence-electron chi connectivity index (χ2n) is 6.93. The molecule has 2 heterocycles. The van der Waals surface area contributed by atoms with Gasteiger partial charge in [-0.25, -0.2) is 10.1 Å². The number of anilines is 3. The minimum Gasteiger partial charge on any atom is -0.324 e. The summed E-state index contributed by atoms with van der Waals surface area (Å²) in [6.07, 6.45) is 0. The summed E-state index contributed by atoms with van der Waals surface area (Å²) in [5.41, 5.74) is 7.33. The van der Waals surface area contributed by atoms with Crippen LogP contribution in [0.4, 0.5) is 17.6 Å². The molecule has 9 heteroatoms. The van der Waals surface area contributed by atoms with E-state index in [-0.39, 0.29) is 0 Å². The molecule has 0 fully saturated rings. The SMILES string of the molecule is C/C(=N\Nc1nc(Nc2ccc(Cl)cc2)nc(-n2nc(C)cc2C)n1)c1ccccc1. The smallest absolute Gasteiger partial charge is 0.257 e. The number of benzene rings is 2. The number of hydrogen-bond acceptors (Lipinski definition) is 7. The average molecular weight is 433 g/mol. The van der Waals surface area contributed by atoms with Gasteiger partial charge in [0, 0.05) is 16.4 Å². The van der Waals surface area contributed by atoms with Crippen molar-refractivity contribution in [1.82, 2.24) is 24.7 Å². The fourth-order valence-corrected chi connectivity index (χ4v) is 3.06. The first kappa shape index (κ1) is 20.5. The Hall–Kier alpha value is -3.78. The molecule has 0 unspecified atom stereocenters. The van der Waals surface area contributed by atoms with Gasteiger partial charge < -0.3 is 5.32 Å². The monoisotopic (exact) mass is 432 g/mol. The normalized spacial score (nSPS) is 11.4. The standard InChI is InChI=1S/C22H21ClN8/c1-14-13-15(2)31(30-14)22-26-20(24-19-11-9-18(23)10-12-19)25-21(27-22)29-28-16(3)17-7-5-4-6-8-17/h4-13H,1-3H3,(H2,24,25,26,27,29)/b28-16+. The van der Waals surface area contributed by atoms with Gasteiger partial charge >= 0.3 is 0 Å². The Labute approximate surface area is 185 Å². The minimum absolute atomic E-state index is 0.296. The van der Waals surface area contributed by atoms with Crippen molar-refractivity contribution in [2.75, 3.05) is 10.7 Å². The summed E-state index contributed by atoms with van der Waals surface area (Å²) in [4.78, 5) is 13.5. The highest BCUT2D eigenvalue weighted by atomic mass is 35.5. The van der Waals surface area contributed by atoms with Gasteiger partial charge in [0.1, 0.15) is 0 Å². The number of hydrazone groups is 1. The highest BCUT2D eigenvalue weighted by Gasteiger charge is 2.12. The highest BCUT2D eigenvalue weighted by molar-refractivity contribution is 6.30. The van der Waals surface area contributed by atoms with Crippen LogP contribution >= 0.6 is 11.6 Å². The third-order valence-corrected chi connectivity index (χ3v) is 4.69. The lowest BCUT2D eigenvalue weighted by atomic mass is 10.1. The summed E-state index contributed by atoms with van der Waals surface area (Å²) >= 11 is 5.98. The molecule has 4 aromatic rings. The zero-order valence-corrected chi connectivity index (χ0v) is 18.1. The Morgan fingerprint density at radius 3 is 2.32 bits per heavy atom. The van der Waals surface area contributed by atoms with Crippen molar-refractivity contribution in [1.29, 1.82) is 0 Å². The topological polar surface area (TPSA) is 92.9 Å². The van der Waals surface area contributed by atoms with Crippen molar-refractivity contribution in [3.8, 4) is 5.95 Å². The van der Waals surface area contributed by atoms with Gasteiger partial charge in [-0.1, -0.05) is 41.9 Å². The summed E-state index contributed by atoms with van der Waals surface area (Å²) in [5.74, 6) is 1.03. The lowest BCUT2D eigenvalue weighted by molar-refractivity contribution is 0.767. The van der Waals surface area contributed by atoms with E-state index in [4.69, 9.17) is 11.6 Å². The van der Waals surface area contributed by atoms with Gasteiger partial charge in [-0.2, -0.15) is 25.2 Å². The number of nitrogens with one attached hydrogen (secondary N) is 2. The number of rotatable bonds is 6. The van der Waals surface area contributed by atoms with E-state index in [2.05, 4.69) is 35.9 Å². The first-order chi connectivity index (χ1) is 15.0. The molecule has 0 saturated carbocycles. The quantitative estimate of drug-likeness (QED) is 0.332. The Morgan fingerprint density at radius 2 is 1.65 bits per heavy atom. The summed E-state index contributed by atoms with van der Waals surface area (Å²) in [7, 11) is 0. The van der Waals surface area contributed by atoms with E-state index in [0.29, 0.717) is 22.9 Å². The predicted octanol–water partition coefficient (Wildman–Crippen LogP) is 4.91. The summed E-state index contributed by atoms with van der Waals surface area (Å²) < 4.78 is 1.67. The molecular formula is C22H21ClN8. The predicted molar refractivity (Wildman–Crippen MR) is 123 cm³/mol. The van der Waals surface area contributed by atoms with E-state index in [0.717, 1.165) is 28.4 Å². The maximum absolute atomic E-state index is 5.98. The third kappa shape index (κ3) is 5.04. The second-order valence-corrected chi connectivity index (χ2v) is 7.36. The molecule has 0 atom stereocenters. The molecule has 0 bridgehead atoms. The molecular weight excluding hydrogens is 412 g/mol. The Balaban J connectivity index is 1.68. The number of hydrogen-bond donors (Lipinski definition) is 2. The van der Waals surface area contributed by atoms with Crippen LogP contribution in [0.3, 0.4) is 0 Å². The molecule has 31 heavy (non-hydrogen) atoms. The molecule has 2 aromatic heterocycles. The van der Waals surface area contributed by atoms with Gasteiger partial charge in [0.25, 0.3) is 5.95 Å². The molecule has 0 radical (unpaired) electrons. The molecule has 0 aliphatic rings. The van der Waals surface area contributed by atoms with E-state index >= 15 is 0 Å². The van der Waals surface area contributed by atoms with Gasteiger partial charge in [0.15, 0.2) is 0 Å². The fraction of sp³-hybridized carbons (Fsp3) is 0.136. The summed E-state index contributed by atoms with van der Waals surface area (Å²) in [6.45, 7) is 5.78. The lowest BCUT2D eigenvalue weighted by Gasteiger charge is -2.10. The molecule has 0 spiro atoms. The van der Waals surface area contributed by atoms with E-state index in [9.17, 15) is 0 Å². The molecule has 0 saturated heterocycles. The van der Waals surface area contributed by atoms with E-state index in [1.54, 1.807) is 16.8 Å². The van der Waals surface area contributed by atoms with Gasteiger partial charge in [-0.15, -0.1) is 0 Å². The number of nitrogens with zero attached hydrogens (tertiary/aromatic N) is 6. The number of aromatic nitrogens is 5. The highest BCUT2D eigenvalue weighted by Crippen LogP contribution is 2.19. The van der Waals surface area contributed by atoms with Crippen LogP contribution < -0.4 is 10.7 Å². The molecule has 0 aliphatic carbocycles. The average Bonchev–Trinajstić information content (AvgIpc) is 3.12. The van der Waals surface area contributed by atoms with Gasteiger partial charge in [0.05, 0.1) is 11.4 Å². The van der Waals surface area contributed by atoms with Crippen molar-refractivity contribution in [3.05, 3.63) is 82.6 Å². The fourth-order valence-electron chi connectivity index (χ4n) is 2.94. The molecule has 4 rings (SSSR count). The van der Waals surface area contributed by atoms with Gasteiger partial charge in [-0.3, -0.25) is 0 Å². The van der Waals surface area contributed by atoms with Crippen molar-refractivity contribution >= 4 is 34.9 Å². The minimum atomic E-state index is 0.296. The zero-order chi connectivity index (χ0) is 21.8. The van der Waals surface area contributed by atoms with Crippen LogP contribution in [0.15, 0.2) is 65.8 Å². The van der Waals surface area contributed by atoms with Crippen molar-refractivity contribution in [2.24, 2.45) is 5.10 Å². The second kappa shape index (κ2) is 8.93. The van der Waals surface area contributed by atoms with Crippen LogP contribution in [-0.2, 0) is 0 Å². The molecule has 0 amide bonds. The molecule has 8 nitrogen and oxygen atoms in total. The van der Waals surface area contributed by atoms with Crippen molar-refractivity contribution in [3.63, 3.8) is 0 Å². The van der Waals surface area contributed by atoms with Crippen molar-refractivity contribution < 1.29 is 0 Å². The van der Waals surface area contributed by atoms with Crippen LogP contribution in [-0.4, -0.2) is 30.4 Å². The number of aryl methyl sites for hydroxylation is 2. The van der Waals surface area contributed by atoms with Gasteiger partial charge in [-0.05, 0) is 56.7 Å². The Morgan fingerprint density at radius 1 is 0.935 bits per heavy atom. The van der Waals surface area contributed by atoms with E-state index in [1.165, 1.54) is 0 Å². The molecule has 0 aliphatic heterocycles. The summed E-state index contributed by atoms with van der Waals surface area (Å²) in [5, 5.41) is 12.7. The van der Waals surface area contributed by atoms with Crippen LogP contribution in [0.1, 0.15) is 23.9 Å². The lowest BCUT2D eigenvalue weighted by Crippen LogP contribution is -2.11. The molecule has 2 N–H and O–H groups in total.